The lowest BCUT2D eigenvalue weighted by Crippen LogP contribution is -2.47. The van der Waals surface area contributed by atoms with Crippen molar-refractivity contribution in [2.45, 2.75) is 19.5 Å². The van der Waals surface area contributed by atoms with Crippen molar-refractivity contribution < 1.29 is 18.7 Å². The smallest absolute Gasteiger partial charge is 0.338 e. The number of esters is 1. The quantitative estimate of drug-likeness (QED) is 0.603. The molecule has 9 nitrogen and oxygen atoms in total. The van der Waals surface area contributed by atoms with Crippen molar-refractivity contribution >= 4 is 34.5 Å². The molecule has 1 atom stereocenters. The number of urea groups is 1. The predicted octanol–water partition coefficient (Wildman–Crippen LogP) is 2.51. The minimum absolute atomic E-state index is 0.0941. The summed E-state index contributed by atoms with van der Waals surface area (Å²) in [6.07, 6.45) is 2.78. The maximum absolute atomic E-state index is 12.9. The van der Waals surface area contributed by atoms with Gasteiger partial charge in [-0.2, -0.15) is 0 Å². The van der Waals surface area contributed by atoms with E-state index in [0.717, 1.165) is 0 Å². The molecule has 2 aromatic heterocycles. The number of furan rings is 1. The van der Waals surface area contributed by atoms with Crippen LogP contribution in [-0.4, -0.2) is 28.2 Å². The number of ether oxygens (including phenoxy) is 1. The number of carbonyl (C=O) groups excluding carboxylic acids is 2. The second-order valence-corrected chi connectivity index (χ2v) is 6.94. The fourth-order valence-electron chi connectivity index (χ4n) is 3.28. The lowest BCUT2D eigenvalue weighted by atomic mass is 10.00. The van der Waals surface area contributed by atoms with E-state index in [1.54, 1.807) is 37.3 Å². The molecule has 0 radical (unpaired) electrons. The van der Waals surface area contributed by atoms with Gasteiger partial charge in [0.1, 0.15) is 11.8 Å². The highest BCUT2D eigenvalue weighted by molar-refractivity contribution is 6.31. The number of hydrogen-bond donors (Lipinski definition) is 2. The van der Waals surface area contributed by atoms with Crippen LogP contribution in [0.3, 0.4) is 0 Å². The second-order valence-electron chi connectivity index (χ2n) is 6.50. The highest BCUT2D eigenvalue weighted by Crippen LogP contribution is 2.28. The molecule has 3 aromatic rings. The van der Waals surface area contributed by atoms with E-state index in [-0.39, 0.29) is 30.0 Å². The first-order chi connectivity index (χ1) is 14.5. The van der Waals surface area contributed by atoms with E-state index in [1.807, 2.05) is 0 Å². The van der Waals surface area contributed by atoms with Crippen molar-refractivity contribution in [1.29, 1.82) is 0 Å². The van der Waals surface area contributed by atoms with Crippen LogP contribution in [-0.2, 0) is 16.1 Å². The average Bonchev–Trinajstić information content (AvgIpc) is 3.24. The SMILES string of the molecule is CCOC(=O)C1=C(Cn2cnc3cc(Cl)ccc3c2=O)NC(=O)N[C@@H]1c1ccco1. The van der Waals surface area contributed by atoms with Crippen LogP contribution in [0.25, 0.3) is 10.9 Å². The zero-order valence-electron chi connectivity index (χ0n) is 15.8. The maximum Gasteiger partial charge on any atom is 0.338 e. The molecule has 30 heavy (non-hydrogen) atoms. The molecular weight excluding hydrogens is 412 g/mol. The molecule has 1 aliphatic rings. The number of nitrogens with zero attached hydrogens (tertiary/aromatic N) is 2. The highest BCUT2D eigenvalue weighted by atomic mass is 35.5. The molecule has 0 spiro atoms. The summed E-state index contributed by atoms with van der Waals surface area (Å²) in [5.74, 6) is -0.265. The van der Waals surface area contributed by atoms with Gasteiger partial charge in [0.15, 0.2) is 0 Å². The number of amides is 2. The average molecular weight is 429 g/mol. The molecule has 0 saturated carbocycles. The second kappa shape index (κ2) is 8.03. The van der Waals surface area contributed by atoms with Crippen LogP contribution in [0.1, 0.15) is 18.7 Å². The number of nitrogens with one attached hydrogen (secondary N) is 2. The van der Waals surface area contributed by atoms with Gasteiger partial charge in [0, 0.05) is 5.02 Å². The molecular formula is C20H17ClN4O5. The van der Waals surface area contributed by atoms with Gasteiger partial charge in [-0.1, -0.05) is 11.6 Å². The largest absolute Gasteiger partial charge is 0.467 e. The standard InChI is InChI=1S/C20H17ClN4O5/c1-2-29-19(27)16-14(23-20(28)24-17(16)15-4-3-7-30-15)9-25-10-22-13-8-11(21)5-6-12(13)18(25)26/h3-8,10,17H,2,9H2,1H3,(H2,23,24,28)/t17-/m1/s1. The van der Waals surface area contributed by atoms with Gasteiger partial charge >= 0.3 is 12.0 Å². The van der Waals surface area contributed by atoms with Gasteiger partial charge in [0.2, 0.25) is 0 Å². The Bertz CT molecular complexity index is 1220. The molecule has 0 fully saturated rings. The fourth-order valence-corrected chi connectivity index (χ4v) is 3.44. The number of aromatic nitrogens is 2. The summed E-state index contributed by atoms with van der Waals surface area (Å²) in [4.78, 5) is 42.1. The Morgan fingerprint density at radius 1 is 1.33 bits per heavy atom. The number of halogens is 1. The van der Waals surface area contributed by atoms with Crippen LogP contribution in [0.4, 0.5) is 4.79 Å². The zero-order valence-corrected chi connectivity index (χ0v) is 16.6. The Labute approximate surface area is 175 Å². The van der Waals surface area contributed by atoms with E-state index in [9.17, 15) is 14.4 Å². The Morgan fingerprint density at radius 3 is 2.90 bits per heavy atom. The number of fused-ring (bicyclic) bond motifs is 1. The number of hydrogen-bond acceptors (Lipinski definition) is 6. The molecule has 1 aromatic carbocycles. The third-order valence-electron chi connectivity index (χ3n) is 4.59. The first-order valence-corrected chi connectivity index (χ1v) is 9.51. The molecule has 1 aliphatic heterocycles. The summed E-state index contributed by atoms with van der Waals surface area (Å²) < 4.78 is 11.9. The normalized spacial score (nSPS) is 16.3. The van der Waals surface area contributed by atoms with Gasteiger partial charge < -0.3 is 19.8 Å². The first kappa shape index (κ1) is 19.7. The number of allylic oxidation sites excluding steroid dienone is 1. The summed E-state index contributed by atoms with van der Waals surface area (Å²) in [5, 5.41) is 6.09. The molecule has 0 unspecified atom stereocenters. The van der Waals surface area contributed by atoms with Crippen molar-refractivity contribution in [2.75, 3.05) is 6.61 Å². The third-order valence-corrected chi connectivity index (χ3v) is 4.83. The van der Waals surface area contributed by atoms with Crippen molar-refractivity contribution in [3.63, 3.8) is 0 Å². The van der Waals surface area contributed by atoms with Gasteiger partial charge in [0.05, 0.1) is 47.9 Å². The number of carbonyl (C=O) groups is 2. The van der Waals surface area contributed by atoms with Gasteiger partial charge in [-0.05, 0) is 37.3 Å². The first-order valence-electron chi connectivity index (χ1n) is 9.13. The van der Waals surface area contributed by atoms with Crippen molar-refractivity contribution in [3.8, 4) is 0 Å². The van der Waals surface area contributed by atoms with Crippen LogP contribution in [0.5, 0.6) is 0 Å². The minimum Gasteiger partial charge on any atom is -0.467 e. The summed E-state index contributed by atoms with van der Waals surface area (Å²) >= 11 is 5.96. The Kier molecular flexibility index (Phi) is 5.28. The van der Waals surface area contributed by atoms with Crippen molar-refractivity contribution in [1.82, 2.24) is 20.2 Å². The van der Waals surface area contributed by atoms with Crippen LogP contribution in [0.2, 0.25) is 5.02 Å². The van der Waals surface area contributed by atoms with E-state index < -0.39 is 18.0 Å². The zero-order chi connectivity index (χ0) is 21.3. The Balaban J connectivity index is 1.82. The van der Waals surface area contributed by atoms with Gasteiger partial charge in [-0.3, -0.25) is 9.36 Å². The van der Waals surface area contributed by atoms with Crippen molar-refractivity contribution in [2.24, 2.45) is 0 Å². The van der Waals surface area contributed by atoms with Crippen LogP contribution < -0.4 is 16.2 Å². The minimum atomic E-state index is -0.856. The van der Waals surface area contributed by atoms with E-state index in [0.29, 0.717) is 21.7 Å². The van der Waals surface area contributed by atoms with Crippen LogP contribution in [0, 0.1) is 0 Å². The summed E-state index contributed by atoms with van der Waals surface area (Å²) in [7, 11) is 0. The Hall–Kier alpha value is -3.59. The van der Waals surface area contributed by atoms with Gasteiger partial charge in [0.25, 0.3) is 5.56 Å². The number of benzene rings is 1. The summed E-state index contributed by atoms with van der Waals surface area (Å²) in [6.45, 7) is 1.73. The van der Waals surface area contributed by atoms with Crippen molar-refractivity contribution in [3.05, 3.63) is 75.3 Å². The molecule has 154 valence electrons. The third kappa shape index (κ3) is 3.67. The molecule has 2 amide bonds. The predicted molar refractivity (Wildman–Crippen MR) is 108 cm³/mol. The monoisotopic (exact) mass is 428 g/mol. The van der Waals surface area contributed by atoms with E-state index in [2.05, 4.69) is 15.6 Å². The lowest BCUT2D eigenvalue weighted by molar-refractivity contribution is -0.139. The topological polar surface area (TPSA) is 115 Å². The highest BCUT2D eigenvalue weighted by Gasteiger charge is 2.35. The molecule has 4 rings (SSSR count). The van der Waals surface area contributed by atoms with Gasteiger partial charge in [-0.25, -0.2) is 14.6 Å². The Morgan fingerprint density at radius 2 is 2.17 bits per heavy atom. The van der Waals surface area contributed by atoms with Crippen LogP contribution in [0.15, 0.2) is 63.4 Å². The molecule has 0 saturated heterocycles. The molecule has 3 heterocycles. The summed E-state index contributed by atoms with van der Waals surface area (Å²) in [6, 6.07) is 6.66. The maximum atomic E-state index is 12.9. The molecule has 0 aliphatic carbocycles. The van der Waals surface area contributed by atoms with Gasteiger partial charge in [-0.15, -0.1) is 0 Å². The molecule has 10 heteroatoms. The molecule has 0 bridgehead atoms. The number of rotatable bonds is 5. The summed E-state index contributed by atoms with van der Waals surface area (Å²) in [5.41, 5.74) is 0.478. The van der Waals surface area contributed by atoms with E-state index in [4.69, 9.17) is 20.8 Å². The lowest BCUT2D eigenvalue weighted by Gasteiger charge is -2.28. The fraction of sp³-hybridized carbons (Fsp3) is 0.200. The van der Waals surface area contributed by atoms with Crippen LogP contribution >= 0.6 is 11.6 Å². The van der Waals surface area contributed by atoms with E-state index >= 15 is 0 Å². The van der Waals surface area contributed by atoms with E-state index in [1.165, 1.54) is 17.2 Å². The molecule has 2 N–H and O–H groups in total.